The van der Waals surface area contributed by atoms with Crippen LogP contribution in [-0.4, -0.2) is 12.3 Å². The lowest BCUT2D eigenvalue weighted by molar-refractivity contribution is 0.0657. The Bertz CT molecular complexity index is 425. The Hall–Kier alpha value is -1.31. The topological polar surface area (TPSA) is 21.6 Å². The van der Waals surface area contributed by atoms with Gasteiger partial charge in [0.1, 0.15) is 12.3 Å². The van der Waals surface area contributed by atoms with E-state index in [4.69, 9.17) is 4.84 Å². The fourth-order valence-corrected chi connectivity index (χ4v) is 3.41. The van der Waals surface area contributed by atoms with E-state index in [0.717, 1.165) is 24.3 Å². The van der Waals surface area contributed by atoms with Crippen molar-refractivity contribution in [2.75, 3.05) is 0 Å². The molecule has 0 bridgehead atoms. The first-order valence-corrected chi connectivity index (χ1v) is 8.13. The molecule has 0 spiro atoms. The van der Waals surface area contributed by atoms with Crippen molar-refractivity contribution in [2.24, 2.45) is 5.16 Å². The van der Waals surface area contributed by atoms with Crippen molar-refractivity contribution < 1.29 is 4.84 Å². The Morgan fingerprint density at radius 3 is 2.20 bits per heavy atom. The van der Waals surface area contributed by atoms with E-state index in [1.807, 2.05) is 0 Å². The lowest BCUT2D eigenvalue weighted by Gasteiger charge is -2.21. The van der Waals surface area contributed by atoms with E-state index < -0.39 is 0 Å². The maximum atomic E-state index is 5.47. The molecule has 2 nitrogen and oxygen atoms in total. The third-order valence-electron chi connectivity index (χ3n) is 4.67. The van der Waals surface area contributed by atoms with Crippen LogP contribution in [0.1, 0.15) is 74.8 Å². The highest BCUT2D eigenvalue weighted by molar-refractivity contribution is 5.79. The number of rotatable bonds is 4. The summed E-state index contributed by atoms with van der Waals surface area (Å²) < 4.78 is 0. The zero-order valence-electron chi connectivity index (χ0n) is 12.2. The third kappa shape index (κ3) is 3.62. The molecule has 0 atom stereocenters. The highest BCUT2D eigenvalue weighted by Crippen LogP contribution is 2.32. The predicted molar refractivity (Wildman–Crippen MR) is 82.1 cm³/mol. The van der Waals surface area contributed by atoms with Crippen LogP contribution in [0, 0.1) is 0 Å². The number of nitrogens with zero attached hydrogens (tertiary/aromatic N) is 1. The second-order valence-electron chi connectivity index (χ2n) is 6.17. The van der Waals surface area contributed by atoms with Crippen LogP contribution in [0.2, 0.25) is 0 Å². The molecule has 20 heavy (non-hydrogen) atoms. The van der Waals surface area contributed by atoms with E-state index in [0.29, 0.717) is 6.10 Å². The van der Waals surface area contributed by atoms with Crippen molar-refractivity contribution in [1.82, 2.24) is 0 Å². The third-order valence-corrected chi connectivity index (χ3v) is 4.67. The molecule has 0 aromatic heterocycles. The van der Waals surface area contributed by atoms with Crippen LogP contribution in [0.5, 0.6) is 0 Å². The summed E-state index contributed by atoms with van der Waals surface area (Å²) in [5.41, 5.74) is 2.49. The maximum absolute atomic E-state index is 5.47. The summed E-state index contributed by atoms with van der Waals surface area (Å²) >= 11 is 0. The summed E-state index contributed by atoms with van der Waals surface area (Å²) in [6, 6.07) is 8.71. The molecule has 107 valence electrons. The summed E-state index contributed by atoms with van der Waals surface area (Å²) in [6.07, 6.45) is 15.0. The first-order chi connectivity index (χ1) is 9.92. The molecule has 0 heterocycles. The van der Waals surface area contributed by atoms with Gasteiger partial charge in [-0.15, -0.1) is 0 Å². The molecule has 2 heteroatoms. The van der Waals surface area contributed by atoms with E-state index in [-0.39, 0.29) is 0 Å². The minimum absolute atomic E-state index is 0.323. The largest absolute Gasteiger partial charge is 0.392 e. The van der Waals surface area contributed by atoms with Crippen LogP contribution >= 0.6 is 0 Å². The molecular formula is C18H24NO. The van der Waals surface area contributed by atoms with Gasteiger partial charge < -0.3 is 4.84 Å². The van der Waals surface area contributed by atoms with Crippen molar-refractivity contribution in [3.8, 4) is 0 Å². The molecule has 0 unspecified atom stereocenters. The molecule has 0 amide bonds. The van der Waals surface area contributed by atoms with Gasteiger partial charge in [0.2, 0.25) is 0 Å². The lowest BCUT2D eigenvalue weighted by Crippen LogP contribution is -2.04. The van der Waals surface area contributed by atoms with Gasteiger partial charge in [-0.3, -0.25) is 0 Å². The number of hydrogen-bond acceptors (Lipinski definition) is 2. The van der Waals surface area contributed by atoms with Crippen molar-refractivity contribution >= 4 is 6.21 Å². The summed E-state index contributed by atoms with van der Waals surface area (Å²) in [4.78, 5) is 5.47. The fraction of sp³-hybridized carbons (Fsp3) is 0.611. The molecule has 0 saturated heterocycles. The lowest BCUT2D eigenvalue weighted by atomic mass is 9.84. The van der Waals surface area contributed by atoms with E-state index in [1.54, 1.807) is 0 Å². The smallest absolute Gasteiger partial charge is 0.139 e. The second kappa shape index (κ2) is 6.92. The maximum Gasteiger partial charge on any atom is 0.139 e. The first-order valence-electron chi connectivity index (χ1n) is 8.13. The second-order valence-corrected chi connectivity index (χ2v) is 6.17. The predicted octanol–water partition coefficient (Wildman–Crippen LogP) is 4.90. The number of benzene rings is 1. The fourth-order valence-electron chi connectivity index (χ4n) is 3.41. The van der Waals surface area contributed by atoms with E-state index in [1.165, 1.54) is 50.5 Å². The van der Waals surface area contributed by atoms with Crippen LogP contribution in [0.3, 0.4) is 0 Å². The molecular weight excluding hydrogens is 246 g/mol. The standard InChI is InChI=1S/C18H24NO/c1-2-6-16(7-3-1)17-12-10-15(11-13-17)14-19-20-18-8-4-5-9-18/h10-13,16,18H,1-9H2. The van der Waals surface area contributed by atoms with Crippen LogP contribution < -0.4 is 0 Å². The molecule has 2 aliphatic rings. The van der Waals surface area contributed by atoms with Crippen LogP contribution in [0.4, 0.5) is 0 Å². The van der Waals surface area contributed by atoms with Crippen molar-refractivity contribution in [1.29, 1.82) is 0 Å². The molecule has 2 aliphatic carbocycles. The Morgan fingerprint density at radius 1 is 0.850 bits per heavy atom. The van der Waals surface area contributed by atoms with Gasteiger partial charge in [-0.2, -0.15) is 0 Å². The highest BCUT2D eigenvalue weighted by atomic mass is 16.6. The molecule has 3 rings (SSSR count). The van der Waals surface area contributed by atoms with Gasteiger partial charge in [0.05, 0.1) is 0 Å². The van der Waals surface area contributed by atoms with Gasteiger partial charge in [0.15, 0.2) is 0 Å². The molecule has 2 fully saturated rings. The van der Waals surface area contributed by atoms with Crippen LogP contribution in [-0.2, 0) is 4.84 Å². The molecule has 2 saturated carbocycles. The zero-order chi connectivity index (χ0) is 13.6. The van der Waals surface area contributed by atoms with Crippen molar-refractivity contribution in [2.45, 2.75) is 69.8 Å². The summed E-state index contributed by atoms with van der Waals surface area (Å²) in [7, 11) is 0. The minimum atomic E-state index is 0.323. The minimum Gasteiger partial charge on any atom is -0.392 e. The Balaban J connectivity index is 1.53. The van der Waals surface area contributed by atoms with Crippen molar-refractivity contribution in [3.63, 3.8) is 0 Å². The quantitative estimate of drug-likeness (QED) is 0.563. The van der Waals surface area contributed by atoms with Gasteiger partial charge in [0.25, 0.3) is 0 Å². The normalized spacial score (nSPS) is 21.6. The van der Waals surface area contributed by atoms with E-state index >= 15 is 0 Å². The molecule has 0 aliphatic heterocycles. The number of hydrogen-bond donors (Lipinski definition) is 0. The average molecular weight is 270 g/mol. The van der Waals surface area contributed by atoms with Gasteiger partial charge in [0, 0.05) is 5.56 Å². The Kier molecular flexibility index (Phi) is 4.73. The monoisotopic (exact) mass is 270 g/mol. The van der Waals surface area contributed by atoms with Crippen molar-refractivity contribution in [3.05, 3.63) is 35.4 Å². The van der Waals surface area contributed by atoms with Gasteiger partial charge in [-0.05, 0) is 50.0 Å². The highest BCUT2D eigenvalue weighted by Gasteiger charge is 2.16. The van der Waals surface area contributed by atoms with Gasteiger partial charge >= 0.3 is 0 Å². The summed E-state index contributed by atoms with van der Waals surface area (Å²) in [6.45, 7) is 0. The van der Waals surface area contributed by atoms with Crippen LogP contribution in [0.25, 0.3) is 0 Å². The summed E-state index contributed by atoms with van der Waals surface area (Å²) in [5, 5.41) is 4.02. The van der Waals surface area contributed by atoms with Crippen LogP contribution in [0.15, 0.2) is 29.4 Å². The van der Waals surface area contributed by atoms with Gasteiger partial charge in [-0.25, -0.2) is 0 Å². The molecule has 1 aromatic rings. The molecule has 0 N–H and O–H groups in total. The Morgan fingerprint density at radius 2 is 1.50 bits per heavy atom. The Labute approximate surface area is 122 Å². The molecule has 1 radical (unpaired) electrons. The zero-order valence-corrected chi connectivity index (χ0v) is 12.2. The first kappa shape index (κ1) is 13.7. The van der Waals surface area contributed by atoms with Gasteiger partial charge in [-0.1, -0.05) is 48.7 Å². The average Bonchev–Trinajstić information content (AvgIpc) is 3.02. The SMILES string of the molecule is [C](=N\OC1CCCC1)/c1ccc(C2CCCCC2)cc1. The van der Waals surface area contributed by atoms with E-state index in [9.17, 15) is 0 Å². The molecule has 1 aromatic carbocycles. The summed E-state index contributed by atoms with van der Waals surface area (Å²) in [5.74, 6) is 0.768. The van der Waals surface area contributed by atoms with E-state index in [2.05, 4.69) is 35.6 Å².